The van der Waals surface area contributed by atoms with E-state index in [1.807, 2.05) is 6.07 Å². The summed E-state index contributed by atoms with van der Waals surface area (Å²) >= 11 is 13.2. The Morgan fingerprint density at radius 2 is 1.86 bits per heavy atom. The highest BCUT2D eigenvalue weighted by molar-refractivity contribution is 7.21. The van der Waals surface area contributed by atoms with E-state index >= 15 is 0 Å². The van der Waals surface area contributed by atoms with Gasteiger partial charge in [0.25, 0.3) is 5.91 Å². The van der Waals surface area contributed by atoms with Crippen LogP contribution in [0.25, 0.3) is 10.1 Å². The van der Waals surface area contributed by atoms with Crippen LogP contribution in [0.2, 0.25) is 10.0 Å². The summed E-state index contributed by atoms with van der Waals surface area (Å²) in [5.74, 6) is -0.257. The van der Waals surface area contributed by atoms with Gasteiger partial charge in [0, 0.05) is 25.8 Å². The number of hydrogen-bond acceptors (Lipinski definition) is 3. The van der Waals surface area contributed by atoms with Gasteiger partial charge in [-0.15, -0.1) is 11.3 Å². The maximum absolute atomic E-state index is 12.3. The Bertz CT molecular complexity index is 845. The molecule has 0 fully saturated rings. The lowest BCUT2D eigenvalue weighted by molar-refractivity contribution is 0.103. The molecule has 6 heteroatoms. The number of carbonyl (C=O) groups excluding carboxylic acids is 1. The third-order valence-electron chi connectivity index (χ3n) is 2.98. The van der Waals surface area contributed by atoms with Crippen LogP contribution in [0.4, 0.5) is 11.4 Å². The minimum atomic E-state index is -0.257. The second kappa shape index (κ2) is 5.56. The summed E-state index contributed by atoms with van der Waals surface area (Å²) in [5.41, 5.74) is 7.15. The first-order valence-electron chi connectivity index (χ1n) is 6.09. The van der Waals surface area contributed by atoms with E-state index in [-0.39, 0.29) is 5.91 Å². The number of nitrogen functional groups attached to an aromatic ring is 1. The monoisotopic (exact) mass is 336 g/mol. The van der Waals surface area contributed by atoms with Crippen molar-refractivity contribution in [2.24, 2.45) is 0 Å². The molecule has 0 radical (unpaired) electrons. The molecule has 3 rings (SSSR count). The summed E-state index contributed by atoms with van der Waals surface area (Å²) in [6.45, 7) is 0. The van der Waals surface area contributed by atoms with Gasteiger partial charge in [-0.05, 0) is 36.4 Å². The number of benzene rings is 2. The predicted octanol–water partition coefficient (Wildman–Crippen LogP) is 5.04. The predicted molar refractivity (Wildman–Crippen MR) is 90.7 cm³/mol. The molecule has 0 bridgehead atoms. The van der Waals surface area contributed by atoms with Crippen molar-refractivity contribution in [2.75, 3.05) is 11.1 Å². The van der Waals surface area contributed by atoms with Gasteiger partial charge in [-0.2, -0.15) is 0 Å². The number of fused-ring (bicyclic) bond motifs is 1. The Balaban J connectivity index is 1.96. The van der Waals surface area contributed by atoms with Crippen molar-refractivity contribution in [2.45, 2.75) is 0 Å². The summed E-state index contributed by atoms with van der Waals surface area (Å²) in [5, 5.41) is 4.80. The first-order chi connectivity index (χ1) is 10.0. The third-order valence-corrected chi connectivity index (χ3v) is 4.62. The van der Waals surface area contributed by atoms with Crippen LogP contribution in [0.1, 0.15) is 9.67 Å². The second-order valence-corrected chi connectivity index (χ2v) is 6.37. The Hall–Kier alpha value is -1.75. The molecule has 1 amide bonds. The molecule has 0 saturated heterocycles. The number of carbonyl (C=O) groups is 1. The van der Waals surface area contributed by atoms with Crippen molar-refractivity contribution in [1.82, 2.24) is 0 Å². The Morgan fingerprint density at radius 3 is 2.62 bits per heavy atom. The summed E-state index contributed by atoms with van der Waals surface area (Å²) < 4.78 is 0.885. The van der Waals surface area contributed by atoms with E-state index in [1.165, 1.54) is 11.3 Å². The molecular formula is C15H10Cl2N2OS. The molecule has 0 saturated carbocycles. The molecule has 1 aromatic heterocycles. The van der Waals surface area contributed by atoms with Crippen molar-refractivity contribution in [1.29, 1.82) is 0 Å². The van der Waals surface area contributed by atoms with Crippen molar-refractivity contribution >= 4 is 61.9 Å². The van der Waals surface area contributed by atoms with Gasteiger partial charge in [-0.25, -0.2) is 0 Å². The molecule has 0 aliphatic rings. The van der Waals surface area contributed by atoms with Crippen LogP contribution < -0.4 is 11.1 Å². The quantitative estimate of drug-likeness (QED) is 0.688. The van der Waals surface area contributed by atoms with E-state index in [9.17, 15) is 4.79 Å². The van der Waals surface area contributed by atoms with Crippen LogP contribution in [0.5, 0.6) is 0 Å². The summed E-state index contributed by atoms with van der Waals surface area (Å²) in [6.07, 6.45) is 0. The fourth-order valence-electron chi connectivity index (χ4n) is 2.01. The number of amides is 1. The molecule has 0 aliphatic carbocycles. The fourth-order valence-corrected chi connectivity index (χ4v) is 3.50. The first-order valence-corrected chi connectivity index (χ1v) is 7.66. The van der Waals surface area contributed by atoms with E-state index < -0.39 is 0 Å². The van der Waals surface area contributed by atoms with E-state index in [0.29, 0.717) is 26.3 Å². The van der Waals surface area contributed by atoms with Crippen LogP contribution in [-0.2, 0) is 0 Å². The number of nitrogens with one attached hydrogen (secondary N) is 1. The van der Waals surface area contributed by atoms with Gasteiger partial charge in [0.05, 0.1) is 5.69 Å². The number of halogens is 2. The molecule has 1 heterocycles. The van der Waals surface area contributed by atoms with E-state index in [1.54, 1.807) is 36.4 Å². The van der Waals surface area contributed by atoms with Gasteiger partial charge in [0.15, 0.2) is 0 Å². The van der Waals surface area contributed by atoms with Gasteiger partial charge < -0.3 is 11.1 Å². The number of nitrogens with two attached hydrogens (primary N) is 1. The Labute approximate surface area is 135 Å². The Kier molecular flexibility index (Phi) is 3.76. The average Bonchev–Trinajstić information content (AvgIpc) is 2.75. The number of hydrogen-bond donors (Lipinski definition) is 2. The van der Waals surface area contributed by atoms with Gasteiger partial charge in [-0.1, -0.05) is 29.3 Å². The van der Waals surface area contributed by atoms with Crippen molar-refractivity contribution in [3.63, 3.8) is 0 Å². The standard InChI is InChI=1S/C15H10Cl2N2OS/c16-8-2-1-3-10(6-8)19-15(20)14-13(18)11-5-4-9(17)7-12(11)21-14/h1-7H,18H2,(H,19,20). The maximum Gasteiger partial charge on any atom is 0.267 e. The normalized spacial score (nSPS) is 10.8. The molecule has 0 spiro atoms. The molecule has 2 aromatic carbocycles. The first kappa shape index (κ1) is 14.2. The fraction of sp³-hybridized carbons (Fsp3) is 0. The van der Waals surface area contributed by atoms with Crippen LogP contribution in [0.3, 0.4) is 0 Å². The van der Waals surface area contributed by atoms with E-state index in [0.717, 1.165) is 10.1 Å². The highest BCUT2D eigenvalue weighted by Crippen LogP contribution is 2.35. The number of anilines is 2. The van der Waals surface area contributed by atoms with E-state index in [2.05, 4.69) is 5.32 Å². The highest BCUT2D eigenvalue weighted by Gasteiger charge is 2.16. The lowest BCUT2D eigenvalue weighted by Crippen LogP contribution is -2.11. The van der Waals surface area contributed by atoms with Gasteiger partial charge in [-0.3, -0.25) is 4.79 Å². The van der Waals surface area contributed by atoms with Crippen molar-refractivity contribution < 1.29 is 4.79 Å². The lowest BCUT2D eigenvalue weighted by atomic mass is 10.2. The van der Waals surface area contributed by atoms with Gasteiger partial charge >= 0.3 is 0 Å². The van der Waals surface area contributed by atoms with Gasteiger partial charge in [0.2, 0.25) is 0 Å². The van der Waals surface area contributed by atoms with E-state index in [4.69, 9.17) is 28.9 Å². The number of thiophene rings is 1. The zero-order valence-electron chi connectivity index (χ0n) is 10.7. The molecule has 0 unspecified atom stereocenters. The molecule has 21 heavy (non-hydrogen) atoms. The molecule has 106 valence electrons. The van der Waals surface area contributed by atoms with Crippen LogP contribution >= 0.6 is 34.5 Å². The summed E-state index contributed by atoms with van der Waals surface area (Å²) in [4.78, 5) is 12.8. The SMILES string of the molecule is Nc1c(C(=O)Nc2cccc(Cl)c2)sc2cc(Cl)ccc12. The van der Waals surface area contributed by atoms with Crippen LogP contribution in [0.15, 0.2) is 42.5 Å². The maximum atomic E-state index is 12.3. The summed E-state index contributed by atoms with van der Waals surface area (Å²) in [7, 11) is 0. The van der Waals surface area contributed by atoms with Crippen LogP contribution in [0, 0.1) is 0 Å². The minimum Gasteiger partial charge on any atom is -0.397 e. The largest absolute Gasteiger partial charge is 0.397 e. The molecule has 3 nitrogen and oxygen atoms in total. The molecule has 0 atom stereocenters. The summed E-state index contributed by atoms with van der Waals surface area (Å²) in [6, 6.07) is 12.3. The zero-order chi connectivity index (χ0) is 15.0. The number of rotatable bonds is 2. The second-order valence-electron chi connectivity index (χ2n) is 4.45. The smallest absolute Gasteiger partial charge is 0.267 e. The van der Waals surface area contributed by atoms with Crippen molar-refractivity contribution in [3.05, 3.63) is 57.4 Å². The third kappa shape index (κ3) is 2.83. The molecular weight excluding hydrogens is 327 g/mol. The lowest BCUT2D eigenvalue weighted by Gasteiger charge is -2.04. The Morgan fingerprint density at radius 1 is 1.10 bits per heavy atom. The molecule has 3 aromatic rings. The van der Waals surface area contributed by atoms with Crippen LogP contribution in [-0.4, -0.2) is 5.91 Å². The zero-order valence-corrected chi connectivity index (χ0v) is 13.0. The highest BCUT2D eigenvalue weighted by atomic mass is 35.5. The van der Waals surface area contributed by atoms with Crippen molar-refractivity contribution in [3.8, 4) is 0 Å². The average molecular weight is 337 g/mol. The minimum absolute atomic E-state index is 0.257. The molecule has 0 aliphatic heterocycles. The topological polar surface area (TPSA) is 55.1 Å². The molecule has 3 N–H and O–H groups in total. The van der Waals surface area contributed by atoms with Gasteiger partial charge in [0.1, 0.15) is 4.88 Å².